The topological polar surface area (TPSA) is 51.2 Å². The first-order valence-corrected chi connectivity index (χ1v) is 8.53. The molecule has 5 heteroatoms. The molecule has 4 nitrogen and oxygen atoms in total. The van der Waals surface area contributed by atoms with Crippen molar-refractivity contribution in [2.24, 2.45) is 0 Å². The van der Waals surface area contributed by atoms with E-state index < -0.39 is 0 Å². The summed E-state index contributed by atoms with van der Waals surface area (Å²) in [6.07, 6.45) is 2.81. The van der Waals surface area contributed by atoms with Crippen LogP contribution in [0.3, 0.4) is 0 Å². The van der Waals surface area contributed by atoms with E-state index in [1.54, 1.807) is 6.20 Å². The van der Waals surface area contributed by atoms with Crippen molar-refractivity contribution in [3.05, 3.63) is 65.3 Å². The zero-order chi connectivity index (χ0) is 16.8. The molecule has 1 aromatic heterocycles. The van der Waals surface area contributed by atoms with Crippen LogP contribution in [0, 0.1) is 0 Å². The average Bonchev–Trinajstić information content (AvgIpc) is 2.61. The normalized spacial score (nSPS) is 10.5. The van der Waals surface area contributed by atoms with Crippen LogP contribution in [0.1, 0.15) is 12.8 Å². The first-order valence-electron chi connectivity index (χ1n) is 7.74. The number of aromatic nitrogens is 1. The molecule has 1 N–H and O–H groups in total. The fourth-order valence-corrected chi connectivity index (χ4v) is 2.64. The van der Waals surface area contributed by atoms with Gasteiger partial charge in [0, 0.05) is 22.5 Å². The van der Waals surface area contributed by atoms with Crippen molar-refractivity contribution in [3.8, 4) is 5.75 Å². The van der Waals surface area contributed by atoms with E-state index in [1.807, 2.05) is 54.6 Å². The minimum absolute atomic E-state index is 0.0224. The molecule has 2 aromatic carbocycles. The van der Waals surface area contributed by atoms with Gasteiger partial charge in [-0.15, -0.1) is 0 Å². The van der Waals surface area contributed by atoms with E-state index in [0.717, 1.165) is 26.8 Å². The number of fused-ring (bicyclic) bond motifs is 1. The minimum atomic E-state index is -0.0224. The van der Waals surface area contributed by atoms with Gasteiger partial charge in [-0.2, -0.15) is 0 Å². The van der Waals surface area contributed by atoms with E-state index in [4.69, 9.17) is 4.74 Å². The summed E-state index contributed by atoms with van der Waals surface area (Å²) in [7, 11) is 0. The Morgan fingerprint density at radius 2 is 1.92 bits per heavy atom. The Labute approximate surface area is 149 Å². The Kier molecular flexibility index (Phi) is 5.43. The van der Waals surface area contributed by atoms with Crippen molar-refractivity contribution < 1.29 is 9.53 Å². The summed E-state index contributed by atoms with van der Waals surface area (Å²) < 4.78 is 6.63. The minimum Gasteiger partial charge on any atom is -0.494 e. The fourth-order valence-electron chi connectivity index (χ4n) is 2.38. The third-order valence-electron chi connectivity index (χ3n) is 3.55. The van der Waals surface area contributed by atoms with Crippen molar-refractivity contribution in [2.75, 3.05) is 11.9 Å². The molecule has 0 unspecified atom stereocenters. The lowest BCUT2D eigenvalue weighted by Crippen LogP contribution is -2.13. The maximum Gasteiger partial charge on any atom is 0.224 e. The quantitative estimate of drug-likeness (QED) is 0.621. The highest BCUT2D eigenvalue weighted by molar-refractivity contribution is 9.10. The molecule has 0 bridgehead atoms. The third-order valence-corrected chi connectivity index (χ3v) is 4.08. The third kappa shape index (κ3) is 4.32. The largest absolute Gasteiger partial charge is 0.494 e. The van der Waals surface area contributed by atoms with Gasteiger partial charge in [0.25, 0.3) is 0 Å². The summed E-state index contributed by atoms with van der Waals surface area (Å²) in [4.78, 5) is 16.4. The number of benzene rings is 2. The number of hydrogen-bond acceptors (Lipinski definition) is 3. The number of halogens is 1. The molecule has 1 amide bonds. The number of nitrogens with zero attached hydrogens (tertiary/aromatic N) is 1. The molecular formula is C19H17BrN2O2. The highest BCUT2D eigenvalue weighted by atomic mass is 79.9. The van der Waals surface area contributed by atoms with Gasteiger partial charge in [-0.25, -0.2) is 0 Å². The van der Waals surface area contributed by atoms with Crippen LogP contribution >= 0.6 is 15.9 Å². The Morgan fingerprint density at radius 1 is 1.08 bits per heavy atom. The molecule has 0 aliphatic heterocycles. The summed E-state index contributed by atoms with van der Waals surface area (Å²) in [5.74, 6) is 0.782. The summed E-state index contributed by atoms with van der Waals surface area (Å²) >= 11 is 3.38. The monoisotopic (exact) mass is 384 g/mol. The van der Waals surface area contributed by atoms with Gasteiger partial charge in [0.15, 0.2) is 0 Å². The second-order valence-electron chi connectivity index (χ2n) is 5.33. The number of nitrogens with one attached hydrogen (secondary N) is 1. The molecular weight excluding hydrogens is 368 g/mol. The first kappa shape index (κ1) is 16.5. The van der Waals surface area contributed by atoms with Crippen molar-refractivity contribution in [1.82, 2.24) is 4.98 Å². The molecule has 0 aliphatic carbocycles. The lowest BCUT2D eigenvalue weighted by molar-refractivity contribution is -0.116. The zero-order valence-electron chi connectivity index (χ0n) is 13.0. The molecule has 0 saturated carbocycles. The Balaban J connectivity index is 1.49. The summed E-state index contributed by atoms with van der Waals surface area (Å²) in [6.45, 7) is 0.506. The van der Waals surface area contributed by atoms with Gasteiger partial charge >= 0.3 is 0 Å². The van der Waals surface area contributed by atoms with Gasteiger partial charge in [-0.1, -0.05) is 22.0 Å². The molecule has 0 radical (unpaired) electrons. The predicted molar refractivity (Wildman–Crippen MR) is 99.2 cm³/mol. The predicted octanol–water partition coefficient (Wildman–Crippen LogP) is 4.80. The Bertz CT molecular complexity index is 829. The Hall–Kier alpha value is -2.40. The summed E-state index contributed by atoms with van der Waals surface area (Å²) in [5, 5.41) is 3.89. The van der Waals surface area contributed by atoms with Gasteiger partial charge in [0.05, 0.1) is 17.8 Å². The van der Waals surface area contributed by atoms with E-state index in [2.05, 4.69) is 26.2 Å². The molecule has 3 aromatic rings. The van der Waals surface area contributed by atoms with Crippen LogP contribution in [-0.4, -0.2) is 17.5 Å². The van der Waals surface area contributed by atoms with Crippen molar-refractivity contribution in [2.45, 2.75) is 12.8 Å². The van der Waals surface area contributed by atoms with Gasteiger partial charge in [0.2, 0.25) is 5.91 Å². The number of rotatable bonds is 6. The van der Waals surface area contributed by atoms with E-state index in [9.17, 15) is 4.79 Å². The van der Waals surface area contributed by atoms with Crippen molar-refractivity contribution in [1.29, 1.82) is 0 Å². The maximum atomic E-state index is 12.1. The first-order chi connectivity index (χ1) is 11.7. The fraction of sp³-hybridized carbons (Fsp3) is 0.158. The number of amides is 1. The highest BCUT2D eigenvalue weighted by Crippen LogP contribution is 2.21. The Morgan fingerprint density at radius 3 is 2.75 bits per heavy atom. The van der Waals surface area contributed by atoms with Gasteiger partial charge in [-0.05, 0) is 55.0 Å². The lowest BCUT2D eigenvalue weighted by atomic mass is 10.1. The van der Waals surface area contributed by atoms with Crippen LogP contribution in [0.5, 0.6) is 5.75 Å². The number of carbonyl (C=O) groups is 1. The van der Waals surface area contributed by atoms with Crippen LogP contribution in [0.15, 0.2) is 65.3 Å². The molecule has 0 fully saturated rings. The molecule has 0 atom stereocenters. The van der Waals surface area contributed by atoms with Crippen LogP contribution in [0.25, 0.3) is 10.9 Å². The van der Waals surface area contributed by atoms with Gasteiger partial charge in [0.1, 0.15) is 5.75 Å². The van der Waals surface area contributed by atoms with Crippen LogP contribution in [0.4, 0.5) is 5.69 Å². The number of hydrogen-bond donors (Lipinski definition) is 1. The summed E-state index contributed by atoms with van der Waals surface area (Å²) in [5.41, 5.74) is 1.66. The van der Waals surface area contributed by atoms with Gasteiger partial charge < -0.3 is 10.1 Å². The molecule has 3 rings (SSSR count). The second-order valence-corrected chi connectivity index (χ2v) is 6.25. The van der Waals surface area contributed by atoms with Crippen LogP contribution < -0.4 is 10.1 Å². The number of ether oxygens (including phenoxy) is 1. The highest BCUT2D eigenvalue weighted by Gasteiger charge is 2.06. The van der Waals surface area contributed by atoms with E-state index in [1.165, 1.54) is 0 Å². The number of pyridine rings is 1. The van der Waals surface area contributed by atoms with E-state index in [-0.39, 0.29) is 5.91 Å². The van der Waals surface area contributed by atoms with Crippen LogP contribution in [-0.2, 0) is 4.79 Å². The molecule has 24 heavy (non-hydrogen) atoms. The smallest absolute Gasteiger partial charge is 0.224 e. The van der Waals surface area contributed by atoms with Crippen molar-refractivity contribution >= 4 is 38.4 Å². The van der Waals surface area contributed by atoms with Crippen molar-refractivity contribution in [3.63, 3.8) is 0 Å². The molecule has 1 heterocycles. The molecule has 0 aliphatic rings. The van der Waals surface area contributed by atoms with Gasteiger partial charge in [-0.3, -0.25) is 9.78 Å². The second kappa shape index (κ2) is 7.93. The SMILES string of the molecule is O=C(CCCOc1ccc(Br)cc1)Nc1cccc2ncccc12. The maximum absolute atomic E-state index is 12.1. The standard InChI is InChI=1S/C19H17BrN2O2/c20-14-8-10-15(11-9-14)24-13-3-7-19(23)22-18-6-1-5-17-16(18)4-2-12-21-17/h1-2,4-6,8-12H,3,7,13H2,(H,22,23). The number of anilines is 1. The zero-order valence-corrected chi connectivity index (χ0v) is 14.6. The summed E-state index contributed by atoms with van der Waals surface area (Å²) in [6, 6.07) is 17.2. The molecule has 122 valence electrons. The van der Waals surface area contributed by atoms with E-state index in [0.29, 0.717) is 19.4 Å². The average molecular weight is 385 g/mol. The van der Waals surface area contributed by atoms with E-state index >= 15 is 0 Å². The molecule has 0 spiro atoms. The number of carbonyl (C=O) groups excluding carboxylic acids is 1. The lowest BCUT2D eigenvalue weighted by Gasteiger charge is -2.09. The molecule has 0 saturated heterocycles. The van der Waals surface area contributed by atoms with Crippen LogP contribution in [0.2, 0.25) is 0 Å².